The first kappa shape index (κ1) is 11.8. The maximum Gasteiger partial charge on any atom is 0.111 e. The van der Waals surface area contributed by atoms with Crippen molar-refractivity contribution in [3.63, 3.8) is 0 Å². The number of hydrogen-bond donors (Lipinski definition) is 1. The summed E-state index contributed by atoms with van der Waals surface area (Å²) in [5, 5.41) is 15.8. The Morgan fingerprint density at radius 2 is 2.06 bits per heavy atom. The Morgan fingerprint density at radius 1 is 1.29 bits per heavy atom. The molecule has 2 aromatic heterocycles. The van der Waals surface area contributed by atoms with Crippen molar-refractivity contribution in [1.82, 2.24) is 30.1 Å². The van der Waals surface area contributed by atoms with Crippen LogP contribution in [0, 0.1) is 0 Å². The minimum Gasteiger partial charge on any atom is -0.309 e. The van der Waals surface area contributed by atoms with Crippen molar-refractivity contribution in [3.8, 4) is 11.4 Å². The van der Waals surface area contributed by atoms with Crippen LogP contribution in [-0.2, 0) is 20.6 Å². The molecule has 2 aromatic rings. The van der Waals surface area contributed by atoms with Gasteiger partial charge in [-0.1, -0.05) is 19.1 Å². The van der Waals surface area contributed by atoms with Crippen molar-refractivity contribution in [2.75, 3.05) is 0 Å². The predicted octanol–water partition coefficient (Wildman–Crippen LogP) is 0.714. The minimum absolute atomic E-state index is 0.427. The van der Waals surface area contributed by atoms with Gasteiger partial charge in [0.05, 0.1) is 5.69 Å². The van der Waals surface area contributed by atoms with E-state index >= 15 is 0 Å². The van der Waals surface area contributed by atoms with Crippen LogP contribution >= 0.6 is 0 Å². The fraction of sp³-hybridized carbons (Fsp3) is 0.545. The fourth-order valence-electron chi connectivity index (χ4n) is 1.74. The Kier molecular flexibility index (Phi) is 3.23. The second-order valence-electron chi connectivity index (χ2n) is 4.38. The van der Waals surface area contributed by atoms with Crippen LogP contribution < -0.4 is 5.32 Å². The molecule has 0 saturated heterocycles. The lowest BCUT2D eigenvalue weighted by Crippen LogP contribution is -2.22. The number of aromatic nitrogens is 5. The molecule has 0 aliphatic heterocycles. The van der Waals surface area contributed by atoms with Crippen molar-refractivity contribution in [2.45, 2.75) is 26.4 Å². The Balaban J connectivity index is 2.33. The molecule has 0 fully saturated rings. The van der Waals surface area contributed by atoms with E-state index in [9.17, 15) is 0 Å². The van der Waals surface area contributed by atoms with Gasteiger partial charge < -0.3 is 5.32 Å². The molecule has 0 saturated carbocycles. The molecule has 0 atom stereocenters. The van der Waals surface area contributed by atoms with E-state index in [-0.39, 0.29) is 0 Å². The second-order valence-corrected chi connectivity index (χ2v) is 4.38. The predicted molar refractivity (Wildman–Crippen MR) is 65.2 cm³/mol. The molecule has 92 valence electrons. The maximum absolute atomic E-state index is 4.19. The van der Waals surface area contributed by atoms with Crippen LogP contribution in [0.2, 0.25) is 0 Å². The van der Waals surface area contributed by atoms with Crippen molar-refractivity contribution in [1.29, 1.82) is 0 Å². The molecule has 0 aliphatic carbocycles. The molecule has 0 aromatic carbocycles. The van der Waals surface area contributed by atoms with E-state index in [1.165, 1.54) is 0 Å². The van der Waals surface area contributed by atoms with E-state index < -0.39 is 0 Å². The van der Waals surface area contributed by atoms with Crippen molar-refractivity contribution in [3.05, 3.63) is 18.0 Å². The first-order valence-electron chi connectivity index (χ1n) is 5.70. The Hall–Kier alpha value is -1.69. The van der Waals surface area contributed by atoms with Gasteiger partial charge >= 0.3 is 0 Å². The summed E-state index contributed by atoms with van der Waals surface area (Å²) >= 11 is 0. The van der Waals surface area contributed by atoms with Gasteiger partial charge in [0.15, 0.2) is 0 Å². The van der Waals surface area contributed by atoms with Gasteiger partial charge in [-0.15, -0.1) is 5.10 Å². The minimum atomic E-state index is 0.427. The first-order valence-corrected chi connectivity index (χ1v) is 5.70. The Morgan fingerprint density at radius 3 is 2.65 bits per heavy atom. The third kappa shape index (κ3) is 2.36. The average Bonchev–Trinajstić information content (AvgIpc) is 2.82. The lowest BCUT2D eigenvalue weighted by Gasteiger charge is -2.08. The van der Waals surface area contributed by atoms with Crippen molar-refractivity contribution < 1.29 is 0 Å². The van der Waals surface area contributed by atoms with Crippen LogP contribution in [0.25, 0.3) is 11.4 Å². The Bertz CT molecular complexity index is 496. The largest absolute Gasteiger partial charge is 0.309 e. The standard InChI is InChI=1S/C11H18N6/c1-8(2)12-7-9-11(17(4)15-14-9)10-5-6-13-16(10)3/h5-6,8,12H,7H2,1-4H3. The third-order valence-corrected chi connectivity index (χ3v) is 2.64. The highest BCUT2D eigenvalue weighted by atomic mass is 15.4. The number of hydrogen-bond acceptors (Lipinski definition) is 4. The molecular formula is C11H18N6. The van der Waals surface area contributed by atoms with E-state index in [1.54, 1.807) is 10.9 Å². The van der Waals surface area contributed by atoms with E-state index in [0.29, 0.717) is 12.6 Å². The summed E-state index contributed by atoms with van der Waals surface area (Å²) < 4.78 is 3.62. The summed E-state index contributed by atoms with van der Waals surface area (Å²) in [6.07, 6.45) is 1.78. The average molecular weight is 234 g/mol. The number of nitrogens with one attached hydrogen (secondary N) is 1. The van der Waals surface area contributed by atoms with Gasteiger partial charge in [0.1, 0.15) is 11.4 Å². The summed E-state index contributed by atoms with van der Waals surface area (Å²) in [6.45, 7) is 4.94. The van der Waals surface area contributed by atoms with E-state index in [2.05, 4.69) is 34.6 Å². The van der Waals surface area contributed by atoms with Gasteiger partial charge in [0.2, 0.25) is 0 Å². The molecule has 1 N–H and O–H groups in total. The smallest absolute Gasteiger partial charge is 0.111 e. The quantitative estimate of drug-likeness (QED) is 0.846. The summed E-state index contributed by atoms with van der Waals surface area (Å²) in [7, 11) is 3.82. The molecule has 2 heterocycles. The summed E-state index contributed by atoms with van der Waals surface area (Å²) in [6, 6.07) is 2.40. The van der Waals surface area contributed by atoms with Gasteiger partial charge in [0.25, 0.3) is 0 Å². The van der Waals surface area contributed by atoms with Gasteiger partial charge in [-0.3, -0.25) is 4.68 Å². The van der Waals surface area contributed by atoms with Crippen molar-refractivity contribution in [2.24, 2.45) is 14.1 Å². The zero-order valence-corrected chi connectivity index (χ0v) is 10.7. The third-order valence-electron chi connectivity index (χ3n) is 2.64. The van der Waals surface area contributed by atoms with Gasteiger partial charge in [-0.25, -0.2) is 4.68 Å². The van der Waals surface area contributed by atoms with Crippen LogP contribution in [0.4, 0.5) is 0 Å². The molecule has 0 spiro atoms. The van der Waals surface area contributed by atoms with Crippen molar-refractivity contribution >= 4 is 0 Å². The van der Waals surface area contributed by atoms with Crippen LogP contribution in [0.5, 0.6) is 0 Å². The highest BCUT2D eigenvalue weighted by molar-refractivity contribution is 5.57. The number of nitrogens with zero attached hydrogens (tertiary/aromatic N) is 5. The molecule has 0 aliphatic rings. The molecular weight excluding hydrogens is 216 g/mol. The van der Waals surface area contributed by atoms with E-state index in [0.717, 1.165) is 17.1 Å². The lowest BCUT2D eigenvalue weighted by atomic mass is 10.2. The SMILES string of the molecule is CC(C)NCc1nnn(C)c1-c1ccnn1C. The van der Waals surface area contributed by atoms with Gasteiger partial charge in [0, 0.05) is 32.9 Å². The lowest BCUT2D eigenvalue weighted by molar-refractivity contribution is 0.580. The molecule has 2 rings (SSSR count). The van der Waals surface area contributed by atoms with Crippen LogP contribution in [0.1, 0.15) is 19.5 Å². The zero-order chi connectivity index (χ0) is 12.4. The highest BCUT2D eigenvalue weighted by Gasteiger charge is 2.15. The first-order chi connectivity index (χ1) is 8.09. The maximum atomic E-state index is 4.19. The van der Waals surface area contributed by atoms with Gasteiger partial charge in [-0.05, 0) is 6.07 Å². The number of rotatable bonds is 4. The van der Waals surface area contributed by atoms with E-state index in [4.69, 9.17) is 0 Å². The van der Waals surface area contributed by atoms with Gasteiger partial charge in [-0.2, -0.15) is 5.10 Å². The van der Waals surface area contributed by atoms with Crippen LogP contribution in [0.3, 0.4) is 0 Å². The van der Waals surface area contributed by atoms with Crippen LogP contribution in [-0.4, -0.2) is 30.8 Å². The highest BCUT2D eigenvalue weighted by Crippen LogP contribution is 2.20. The molecule has 0 amide bonds. The fourth-order valence-corrected chi connectivity index (χ4v) is 1.74. The number of aryl methyl sites for hydroxylation is 2. The van der Waals surface area contributed by atoms with Crippen LogP contribution in [0.15, 0.2) is 12.3 Å². The normalized spacial score (nSPS) is 11.4. The van der Waals surface area contributed by atoms with E-state index in [1.807, 2.05) is 24.8 Å². The monoisotopic (exact) mass is 234 g/mol. The topological polar surface area (TPSA) is 60.6 Å². The summed E-state index contributed by atoms with van der Waals surface area (Å²) in [5.41, 5.74) is 2.99. The molecule has 0 radical (unpaired) electrons. The molecule has 0 bridgehead atoms. The molecule has 17 heavy (non-hydrogen) atoms. The Labute approximate surface area is 101 Å². The summed E-state index contributed by atoms with van der Waals surface area (Å²) in [4.78, 5) is 0. The molecule has 0 unspecified atom stereocenters. The summed E-state index contributed by atoms with van der Waals surface area (Å²) in [5.74, 6) is 0. The molecule has 6 heteroatoms. The second kappa shape index (κ2) is 4.67. The molecule has 6 nitrogen and oxygen atoms in total. The zero-order valence-electron chi connectivity index (χ0n) is 10.7.